The van der Waals surface area contributed by atoms with E-state index in [-0.39, 0.29) is 33.0 Å². The highest BCUT2D eigenvalue weighted by Gasteiger charge is 2.50. The number of hydrogen-bond donors (Lipinski definition) is 0. The molecule has 0 N–H and O–H groups in total. The maximum absolute atomic E-state index is 13.0. The van der Waals surface area contributed by atoms with Crippen LogP contribution in [-0.4, -0.2) is 74.5 Å². The molecule has 12 nitrogen and oxygen atoms in total. The third kappa shape index (κ3) is 16.4. The fraction of sp³-hybridized carbons (Fsp3) is 0.269. The minimum atomic E-state index is -0.990. The number of benzene rings is 8. The van der Waals surface area contributed by atoms with Crippen LogP contribution in [-0.2, 0) is 82.3 Å². The van der Waals surface area contributed by atoms with E-state index in [1.807, 2.05) is 188 Å². The van der Waals surface area contributed by atoms with Gasteiger partial charge in [0.05, 0.1) is 70.6 Å². The van der Waals surface area contributed by atoms with E-state index in [0.717, 1.165) is 33.4 Å². The van der Waals surface area contributed by atoms with Crippen LogP contribution in [0.2, 0.25) is 0 Å². The Morgan fingerprint density at radius 1 is 0.367 bits per heavy atom. The highest BCUT2D eigenvalue weighted by atomic mass is 16.7. The van der Waals surface area contributed by atoms with Crippen molar-refractivity contribution in [1.29, 1.82) is 0 Å². The van der Waals surface area contributed by atoms with Crippen molar-refractivity contribution < 1.29 is 56.9 Å². The molecule has 0 aliphatic carbocycles. The molecule has 79 heavy (non-hydrogen) atoms. The molecule has 0 aromatic heterocycles. The van der Waals surface area contributed by atoms with Gasteiger partial charge in [-0.25, -0.2) is 4.79 Å². The molecule has 0 spiro atoms. The fourth-order valence-electron chi connectivity index (χ4n) is 9.53. The van der Waals surface area contributed by atoms with Crippen LogP contribution in [0.5, 0.6) is 11.5 Å². The average molecular weight is 1060 g/mol. The number of esters is 1. The zero-order chi connectivity index (χ0) is 53.7. The maximum atomic E-state index is 13.0. The van der Waals surface area contributed by atoms with Gasteiger partial charge >= 0.3 is 5.97 Å². The van der Waals surface area contributed by atoms with E-state index in [4.69, 9.17) is 52.1 Å². The lowest BCUT2D eigenvalue weighted by Gasteiger charge is -2.46. The van der Waals surface area contributed by atoms with Gasteiger partial charge in [0.1, 0.15) is 42.0 Å². The Kier molecular flexibility index (Phi) is 20.2. The lowest BCUT2D eigenvalue weighted by atomic mass is 9.97. The molecular formula is C67H66O12. The number of ether oxygens (including phenoxy) is 11. The van der Waals surface area contributed by atoms with Crippen molar-refractivity contribution in [2.45, 2.75) is 101 Å². The summed E-state index contributed by atoms with van der Waals surface area (Å²) < 4.78 is 74.4. The van der Waals surface area contributed by atoms with Crippen LogP contribution in [0.3, 0.4) is 0 Å². The van der Waals surface area contributed by atoms with Gasteiger partial charge in [-0.15, -0.1) is 0 Å². The van der Waals surface area contributed by atoms with Gasteiger partial charge in [0.15, 0.2) is 6.29 Å². The van der Waals surface area contributed by atoms with E-state index < -0.39 is 61.3 Å². The predicted molar refractivity (Wildman–Crippen MR) is 298 cm³/mol. The number of carbonyl (C=O) groups is 1. The second-order valence-corrected chi connectivity index (χ2v) is 19.5. The summed E-state index contributed by atoms with van der Waals surface area (Å²) in [6.45, 7) is 1.97. The van der Waals surface area contributed by atoms with Crippen LogP contribution in [0, 0.1) is 0 Å². The minimum Gasteiger partial charge on any atom is -0.462 e. The van der Waals surface area contributed by atoms with Crippen LogP contribution in [0.4, 0.5) is 0 Å². The normalized spacial score (nSPS) is 21.9. The molecule has 2 heterocycles. The first kappa shape index (κ1) is 55.0. The Bertz CT molecular complexity index is 2980. The van der Waals surface area contributed by atoms with Crippen molar-refractivity contribution in [3.63, 3.8) is 0 Å². The summed E-state index contributed by atoms with van der Waals surface area (Å²) in [7, 11) is 0. The second kappa shape index (κ2) is 29.0. The zero-order valence-electron chi connectivity index (χ0n) is 44.0. The highest BCUT2D eigenvalue weighted by molar-refractivity contribution is 5.90. The van der Waals surface area contributed by atoms with Gasteiger partial charge in [0, 0.05) is 6.42 Å². The van der Waals surface area contributed by atoms with Gasteiger partial charge < -0.3 is 52.1 Å². The molecule has 2 fully saturated rings. The van der Waals surface area contributed by atoms with E-state index in [0.29, 0.717) is 43.3 Å². The Morgan fingerprint density at radius 2 is 0.772 bits per heavy atom. The standard InChI is InChI=1S/C67H66O12/c68-65(55-34-20-7-21-35-55)76-56-36-38-57(39-37-56)77-67-62(72-44-52-28-14-4-15-29-52)59(70-42-50-24-10-2-11-25-50)40-58(78-67)47-75-66-64(74-46-54-32-18-6-19-33-54)63(73-45-53-30-16-5-17-31-53)61(71-43-51-26-12-3-13-27-51)60(79-66)48-69-41-49-22-8-1-9-23-49/h1-39,58-64,66-67H,40-48H2/t58?,59-,60+,61+,62+,63-,64+,66?,67+/m0/s1. The van der Waals surface area contributed by atoms with Crippen molar-refractivity contribution in [3.05, 3.63) is 276 Å². The van der Waals surface area contributed by atoms with Gasteiger partial charge in [-0.05, 0) is 69.8 Å². The van der Waals surface area contributed by atoms with Crippen LogP contribution >= 0.6 is 0 Å². The Hall–Kier alpha value is -7.33. The second-order valence-electron chi connectivity index (χ2n) is 19.5. The monoisotopic (exact) mass is 1060 g/mol. The van der Waals surface area contributed by atoms with Gasteiger partial charge in [-0.3, -0.25) is 0 Å². The largest absolute Gasteiger partial charge is 0.462 e. The summed E-state index contributed by atoms with van der Waals surface area (Å²) in [6, 6.07) is 75.8. The molecule has 8 aromatic rings. The van der Waals surface area contributed by atoms with Gasteiger partial charge in [-0.1, -0.05) is 200 Å². The molecule has 0 radical (unpaired) electrons. The molecule has 8 aromatic carbocycles. The van der Waals surface area contributed by atoms with Gasteiger partial charge in [0.2, 0.25) is 6.29 Å². The average Bonchev–Trinajstić information content (AvgIpc) is 3.56. The van der Waals surface area contributed by atoms with Crippen LogP contribution in [0.1, 0.15) is 50.2 Å². The first-order chi connectivity index (χ1) is 39.1. The number of carbonyl (C=O) groups excluding carboxylic acids is 1. The summed E-state index contributed by atoms with van der Waals surface area (Å²) in [5, 5.41) is 0. The summed E-state index contributed by atoms with van der Waals surface area (Å²) in [4.78, 5) is 13.0. The first-order valence-electron chi connectivity index (χ1n) is 26.9. The zero-order valence-corrected chi connectivity index (χ0v) is 44.0. The Morgan fingerprint density at radius 3 is 1.27 bits per heavy atom. The molecule has 0 amide bonds. The van der Waals surface area contributed by atoms with E-state index >= 15 is 0 Å². The van der Waals surface area contributed by atoms with E-state index in [1.54, 1.807) is 48.5 Å². The lowest BCUT2D eigenvalue weighted by Crippen LogP contribution is -2.62. The summed E-state index contributed by atoms with van der Waals surface area (Å²) in [6.07, 6.45) is -6.25. The van der Waals surface area contributed by atoms with Crippen LogP contribution in [0.15, 0.2) is 237 Å². The molecule has 0 saturated carbocycles. The number of hydrogen-bond acceptors (Lipinski definition) is 12. The first-order valence-corrected chi connectivity index (χ1v) is 26.9. The summed E-state index contributed by atoms with van der Waals surface area (Å²) in [5.41, 5.74) is 6.40. The summed E-state index contributed by atoms with van der Waals surface area (Å²) >= 11 is 0. The predicted octanol–water partition coefficient (Wildman–Crippen LogP) is 12.3. The third-order valence-corrected chi connectivity index (χ3v) is 13.6. The van der Waals surface area contributed by atoms with Crippen molar-refractivity contribution in [2.75, 3.05) is 13.2 Å². The lowest BCUT2D eigenvalue weighted by molar-refractivity contribution is -0.337. The molecule has 9 atom stereocenters. The Balaban J connectivity index is 0.947. The molecular weight excluding hydrogens is 997 g/mol. The Labute approximate surface area is 462 Å². The third-order valence-electron chi connectivity index (χ3n) is 13.6. The van der Waals surface area contributed by atoms with Crippen LogP contribution < -0.4 is 9.47 Å². The molecule has 2 saturated heterocycles. The molecule has 2 aliphatic rings. The number of rotatable bonds is 26. The molecule has 406 valence electrons. The van der Waals surface area contributed by atoms with Crippen molar-refractivity contribution >= 4 is 5.97 Å². The molecule has 12 heteroatoms. The maximum Gasteiger partial charge on any atom is 0.343 e. The van der Waals surface area contributed by atoms with Crippen molar-refractivity contribution in [3.8, 4) is 11.5 Å². The van der Waals surface area contributed by atoms with E-state index in [1.165, 1.54) is 0 Å². The quantitative estimate of drug-likeness (QED) is 0.0379. The smallest absolute Gasteiger partial charge is 0.343 e. The fourth-order valence-corrected chi connectivity index (χ4v) is 9.53. The van der Waals surface area contributed by atoms with Crippen molar-refractivity contribution in [2.24, 2.45) is 0 Å². The molecule has 10 rings (SSSR count). The van der Waals surface area contributed by atoms with E-state index in [9.17, 15) is 4.79 Å². The van der Waals surface area contributed by atoms with Crippen LogP contribution in [0.25, 0.3) is 0 Å². The summed E-state index contributed by atoms with van der Waals surface area (Å²) in [5.74, 6) is 0.354. The molecule has 0 bridgehead atoms. The highest BCUT2D eigenvalue weighted by Crippen LogP contribution is 2.35. The van der Waals surface area contributed by atoms with E-state index in [2.05, 4.69) is 0 Å². The minimum absolute atomic E-state index is 0.0409. The SMILES string of the molecule is O=C(Oc1ccc(O[C@@H]2OC(COC3O[C@H](COCc4ccccc4)[C@@H](OCc4ccccc4)[C@H](OCc4ccccc4)[C@H]3OCc3ccccc3)C[C@H](OCc3ccccc3)[C@H]2OCc2ccccc2)cc1)c1ccccc1. The topological polar surface area (TPSA) is 119 Å². The van der Waals surface area contributed by atoms with Gasteiger partial charge in [-0.2, -0.15) is 0 Å². The van der Waals surface area contributed by atoms with Gasteiger partial charge in [0.25, 0.3) is 0 Å². The van der Waals surface area contributed by atoms with Crippen molar-refractivity contribution in [1.82, 2.24) is 0 Å². The molecule has 2 aliphatic heterocycles. The molecule has 2 unspecified atom stereocenters.